The number of nitrogens with zero attached hydrogens (tertiary/aromatic N) is 1. The second kappa shape index (κ2) is 5.89. The number of amides is 2. The predicted octanol–water partition coefficient (Wildman–Crippen LogP) is 1.63. The smallest absolute Gasteiger partial charge is 0.234 e. The molecule has 1 heterocycles. The molecule has 1 aromatic rings. The van der Waals surface area contributed by atoms with E-state index in [1.165, 1.54) is 4.90 Å². The molecule has 0 bridgehead atoms. The number of aryl methyl sites for hydroxylation is 1. The summed E-state index contributed by atoms with van der Waals surface area (Å²) in [6, 6.07) is 5.37. The van der Waals surface area contributed by atoms with Gasteiger partial charge in [0.1, 0.15) is 6.61 Å². The Morgan fingerprint density at radius 1 is 1.25 bits per heavy atom. The number of anilines is 1. The first-order chi connectivity index (χ1) is 9.51. The summed E-state index contributed by atoms with van der Waals surface area (Å²) < 4.78 is 0. The number of rotatable bonds is 1. The monoisotopic (exact) mass is 271 g/mol. The van der Waals surface area contributed by atoms with Crippen LogP contribution in [-0.4, -0.2) is 23.5 Å². The summed E-state index contributed by atoms with van der Waals surface area (Å²) in [7, 11) is 0. The minimum atomic E-state index is -0.220. The Balaban J connectivity index is 2.39. The summed E-state index contributed by atoms with van der Waals surface area (Å²) in [5, 5.41) is 8.74. The van der Waals surface area contributed by atoms with E-state index in [1.807, 2.05) is 19.9 Å². The van der Waals surface area contributed by atoms with Gasteiger partial charge in [-0.05, 0) is 36.6 Å². The van der Waals surface area contributed by atoms with E-state index in [2.05, 4.69) is 11.8 Å². The molecule has 0 unspecified atom stereocenters. The van der Waals surface area contributed by atoms with Crippen LogP contribution in [0.5, 0.6) is 0 Å². The zero-order valence-electron chi connectivity index (χ0n) is 11.6. The predicted molar refractivity (Wildman–Crippen MR) is 76.0 cm³/mol. The van der Waals surface area contributed by atoms with E-state index in [-0.39, 0.29) is 24.3 Å². The van der Waals surface area contributed by atoms with Crippen molar-refractivity contribution in [2.24, 2.45) is 5.92 Å². The molecule has 0 atom stereocenters. The Kier molecular flexibility index (Phi) is 4.21. The average Bonchev–Trinajstić information content (AvgIpc) is 2.34. The molecule has 1 aliphatic heterocycles. The first kappa shape index (κ1) is 14.3. The second-order valence-corrected chi connectivity index (χ2v) is 5.15. The van der Waals surface area contributed by atoms with E-state index in [0.717, 1.165) is 5.56 Å². The van der Waals surface area contributed by atoms with E-state index in [9.17, 15) is 9.59 Å². The maximum absolute atomic E-state index is 12.1. The molecule has 0 radical (unpaired) electrons. The Hall–Kier alpha value is -2.12. The first-order valence-electron chi connectivity index (χ1n) is 6.58. The first-order valence-corrected chi connectivity index (χ1v) is 6.58. The van der Waals surface area contributed by atoms with Crippen LogP contribution in [0.2, 0.25) is 0 Å². The van der Waals surface area contributed by atoms with Crippen LogP contribution in [0, 0.1) is 24.7 Å². The van der Waals surface area contributed by atoms with Gasteiger partial charge in [-0.2, -0.15) is 0 Å². The molecule has 1 saturated heterocycles. The molecular weight excluding hydrogens is 254 g/mol. The molecule has 0 saturated carbocycles. The molecular formula is C16H17NO3. The number of carbonyl (C=O) groups is 2. The van der Waals surface area contributed by atoms with Crippen molar-refractivity contribution in [3.63, 3.8) is 0 Å². The molecule has 1 aliphatic rings. The van der Waals surface area contributed by atoms with Crippen LogP contribution in [0.25, 0.3) is 0 Å². The topological polar surface area (TPSA) is 57.6 Å². The van der Waals surface area contributed by atoms with Gasteiger partial charge >= 0.3 is 0 Å². The molecule has 0 aliphatic carbocycles. The van der Waals surface area contributed by atoms with Gasteiger partial charge in [-0.1, -0.05) is 18.8 Å². The van der Waals surface area contributed by atoms with Crippen LogP contribution in [0.3, 0.4) is 0 Å². The van der Waals surface area contributed by atoms with Crippen molar-refractivity contribution in [1.29, 1.82) is 0 Å². The number of benzene rings is 1. The molecule has 104 valence electrons. The highest BCUT2D eigenvalue weighted by atomic mass is 16.2. The lowest BCUT2D eigenvalue weighted by Gasteiger charge is -2.28. The Bertz CT molecular complexity index is 592. The molecule has 0 spiro atoms. The van der Waals surface area contributed by atoms with E-state index in [0.29, 0.717) is 24.1 Å². The van der Waals surface area contributed by atoms with Crippen molar-refractivity contribution in [1.82, 2.24) is 0 Å². The third kappa shape index (κ3) is 3.06. The number of carbonyl (C=O) groups excluding carboxylic acids is 2. The molecule has 1 N–H and O–H groups in total. The lowest BCUT2D eigenvalue weighted by atomic mass is 9.97. The van der Waals surface area contributed by atoms with Gasteiger partial charge in [0.15, 0.2) is 0 Å². The molecule has 1 aromatic carbocycles. The van der Waals surface area contributed by atoms with Crippen LogP contribution < -0.4 is 4.90 Å². The zero-order valence-corrected chi connectivity index (χ0v) is 11.6. The van der Waals surface area contributed by atoms with Crippen molar-refractivity contribution >= 4 is 17.5 Å². The van der Waals surface area contributed by atoms with Crippen LogP contribution in [0.1, 0.15) is 30.9 Å². The summed E-state index contributed by atoms with van der Waals surface area (Å²) in [6.45, 7) is 3.57. The maximum atomic E-state index is 12.1. The van der Waals surface area contributed by atoms with Gasteiger partial charge in [0.05, 0.1) is 5.69 Å². The molecule has 1 fully saturated rings. The Labute approximate surface area is 118 Å². The summed E-state index contributed by atoms with van der Waals surface area (Å²) in [6.07, 6.45) is 0.772. The Morgan fingerprint density at radius 2 is 1.90 bits per heavy atom. The van der Waals surface area contributed by atoms with Gasteiger partial charge in [0, 0.05) is 18.4 Å². The fraction of sp³-hybridized carbons (Fsp3) is 0.375. The van der Waals surface area contributed by atoms with Crippen LogP contribution in [-0.2, 0) is 9.59 Å². The molecule has 2 amide bonds. The summed E-state index contributed by atoms with van der Waals surface area (Å²) in [4.78, 5) is 25.4. The summed E-state index contributed by atoms with van der Waals surface area (Å²) >= 11 is 0. The van der Waals surface area contributed by atoms with Gasteiger partial charge in [0.25, 0.3) is 0 Å². The average molecular weight is 271 g/mol. The number of hydrogen-bond donors (Lipinski definition) is 1. The van der Waals surface area contributed by atoms with Gasteiger partial charge in [-0.25, -0.2) is 0 Å². The number of aliphatic hydroxyl groups is 1. The summed E-state index contributed by atoms with van der Waals surface area (Å²) in [5.74, 6) is 5.14. The SMILES string of the molecule is Cc1cc(C#CCO)cc(N2C(=O)CC(C)CC2=O)c1. The molecule has 2 rings (SSSR count). The minimum Gasteiger partial charge on any atom is -0.384 e. The standard InChI is InChI=1S/C16H17NO3/c1-11-6-13(4-3-5-18)10-14(7-11)17-15(19)8-12(2)9-16(17)20/h6-7,10,12,18H,5,8-9H2,1-2H3. The maximum Gasteiger partial charge on any atom is 0.234 e. The molecule has 4 heteroatoms. The van der Waals surface area contributed by atoms with Crippen LogP contribution in [0.4, 0.5) is 5.69 Å². The Morgan fingerprint density at radius 3 is 2.50 bits per heavy atom. The van der Waals surface area contributed by atoms with E-state index in [4.69, 9.17) is 5.11 Å². The van der Waals surface area contributed by atoms with Crippen LogP contribution in [0.15, 0.2) is 18.2 Å². The van der Waals surface area contributed by atoms with Crippen LogP contribution >= 0.6 is 0 Å². The number of aliphatic hydroxyl groups excluding tert-OH is 1. The quantitative estimate of drug-likeness (QED) is 0.624. The highest BCUT2D eigenvalue weighted by molar-refractivity contribution is 6.16. The van der Waals surface area contributed by atoms with Crippen molar-refractivity contribution in [2.75, 3.05) is 11.5 Å². The van der Waals surface area contributed by atoms with E-state index in [1.54, 1.807) is 12.1 Å². The molecule has 20 heavy (non-hydrogen) atoms. The van der Waals surface area contributed by atoms with Gasteiger partial charge in [-0.3, -0.25) is 14.5 Å². The van der Waals surface area contributed by atoms with Crippen molar-refractivity contribution < 1.29 is 14.7 Å². The van der Waals surface area contributed by atoms with Gasteiger partial charge < -0.3 is 5.11 Å². The fourth-order valence-corrected chi connectivity index (χ4v) is 2.38. The third-order valence-electron chi connectivity index (χ3n) is 3.18. The van der Waals surface area contributed by atoms with Gasteiger partial charge in [-0.15, -0.1) is 0 Å². The van der Waals surface area contributed by atoms with E-state index >= 15 is 0 Å². The second-order valence-electron chi connectivity index (χ2n) is 5.15. The number of hydrogen-bond acceptors (Lipinski definition) is 3. The van der Waals surface area contributed by atoms with Crippen molar-refractivity contribution in [2.45, 2.75) is 26.7 Å². The largest absolute Gasteiger partial charge is 0.384 e. The van der Waals surface area contributed by atoms with E-state index < -0.39 is 0 Å². The molecule has 0 aromatic heterocycles. The normalized spacial score (nSPS) is 16.1. The fourth-order valence-electron chi connectivity index (χ4n) is 2.38. The highest BCUT2D eigenvalue weighted by Gasteiger charge is 2.31. The third-order valence-corrected chi connectivity index (χ3v) is 3.18. The summed E-state index contributed by atoms with van der Waals surface area (Å²) in [5.41, 5.74) is 2.17. The molecule has 4 nitrogen and oxygen atoms in total. The lowest BCUT2D eigenvalue weighted by molar-refractivity contribution is -0.130. The number of imide groups is 1. The van der Waals surface area contributed by atoms with Crippen molar-refractivity contribution in [3.8, 4) is 11.8 Å². The number of piperidine rings is 1. The minimum absolute atomic E-state index is 0.102. The van der Waals surface area contributed by atoms with Gasteiger partial charge in [0.2, 0.25) is 11.8 Å². The van der Waals surface area contributed by atoms with Crippen molar-refractivity contribution in [3.05, 3.63) is 29.3 Å². The zero-order chi connectivity index (χ0) is 14.7. The highest BCUT2D eigenvalue weighted by Crippen LogP contribution is 2.26. The lowest BCUT2D eigenvalue weighted by Crippen LogP contribution is -2.42.